The van der Waals surface area contributed by atoms with Crippen molar-refractivity contribution in [3.63, 3.8) is 0 Å². The maximum atomic E-state index is 11.7. The van der Waals surface area contributed by atoms with Crippen LogP contribution in [0.2, 0.25) is 0 Å². The number of hydrogen-bond donors (Lipinski definition) is 2. The average molecular weight is 482 g/mol. The maximum absolute atomic E-state index is 11.7. The highest BCUT2D eigenvalue weighted by atomic mass is 16.5. The van der Waals surface area contributed by atoms with Gasteiger partial charge in [-0.15, -0.1) is 0 Å². The second-order valence-corrected chi connectivity index (χ2v) is 7.45. The van der Waals surface area contributed by atoms with E-state index in [1.54, 1.807) is 12.1 Å². The van der Waals surface area contributed by atoms with Crippen LogP contribution in [0.25, 0.3) is 11.3 Å². The van der Waals surface area contributed by atoms with Crippen LogP contribution in [0.3, 0.4) is 0 Å². The molecular weight excluding hydrogens is 454 g/mol. The number of aromatic nitrogens is 2. The largest absolute Gasteiger partial charge is 0.378 e. The Morgan fingerprint density at radius 1 is 1.11 bits per heavy atom. The predicted molar refractivity (Wildman–Crippen MR) is 140 cm³/mol. The van der Waals surface area contributed by atoms with Crippen molar-refractivity contribution >= 4 is 28.9 Å². The Kier molecular flexibility index (Phi) is 9.10. The highest BCUT2D eigenvalue weighted by Gasteiger charge is 2.14. The van der Waals surface area contributed by atoms with E-state index >= 15 is 0 Å². The predicted octanol–water partition coefficient (Wildman–Crippen LogP) is 4.62. The molecule has 2 aromatic carbocycles. The van der Waals surface area contributed by atoms with Crippen LogP contribution < -0.4 is 15.5 Å². The van der Waals surface area contributed by atoms with Crippen molar-refractivity contribution in [2.45, 2.75) is 13.8 Å². The minimum absolute atomic E-state index is 0.240. The van der Waals surface area contributed by atoms with Crippen LogP contribution in [-0.4, -0.2) is 42.2 Å². The normalized spacial score (nSPS) is 12.3. The number of amides is 1. The van der Waals surface area contributed by atoms with E-state index < -0.39 is 5.91 Å². The van der Waals surface area contributed by atoms with Gasteiger partial charge in [-0.25, -0.2) is 9.97 Å². The third-order valence-corrected chi connectivity index (χ3v) is 5.18. The zero-order chi connectivity index (χ0) is 25.9. The van der Waals surface area contributed by atoms with Crippen molar-refractivity contribution in [1.29, 1.82) is 10.5 Å². The molecule has 9 nitrogen and oxygen atoms in total. The lowest BCUT2D eigenvalue weighted by atomic mass is 10.0. The fourth-order valence-electron chi connectivity index (χ4n) is 3.57. The fraction of sp³-hybridized carbons (Fsp3) is 0.222. The summed E-state index contributed by atoms with van der Waals surface area (Å²) in [6, 6.07) is 16.8. The van der Waals surface area contributed by atoms with Gasteiger partial charge in [0.1, 0.15) is 6.07 Å². The Balaban J connectivity index is 0.00000176. The van der Waals surface area contributed by atoms with Gasteiger partial charge >= 0.3 is 0 Å². The molecule has 0 radical (unpaired) electrons. The zero-order valence-electron chi connectivity index (χ0n) is 20.3. The first kappa shape index (κ1) is 25.9. The van der Waals surface area contributed by atoms with Crippen molar-refractivity contribution in [3.8, 4) is 23.4 Å². The summed E-state index contributed by atoms with van der Waals surface area (Å²) in [6.07, 6.45) is 2.56. The lowest BCUT2D eigenvalue weighted by Gasteiger charge is -2.29. The first-order valence-electron chi connectivity index (χ1n) is 11.6. The van der Waals surface area contributed by atoms with Crippen LogP contribution in [0.1, 0.15) is 25.0 Å². The summed E-state index contributed by atoms with van der Waals surface area (Å²) < 4.78 is 5.42. The van der Waals surface area contributed by atoms with Gasteiger partial charge in [-0.1, -0.05) is 26.5 Å². The molecule has 2 heterocycles. The molecule has 1 fully saturated rings. The average Bonchev–Trinajstić information content (AvgIpc) is 2.94. The summed E-state index contributed by atoms with van der Waals surface area (Å²) in [5.41, 5.74) is 3.65. The van der Waals surface area contributed by atoms with E-state index in [1.807, 2.05) is 38.1 Å². The minimum Gasteiger partial charge on any atom is -0.378 e. The molecule has 36 heavy (non-hydrogen) atoms. The Hall–Kier alpha value is -4.73. The molecule has 3 aromatic rings. The number of benzene rings is 2. The van der Waals surface area contributed by atoms with Crippen LogP contribution >= 0.6 is 0 Å². The molecule has 1 saturated heterocycles. The van der Waals surface area contributed by atoms with Crippen LogP contribution in [0.4, 0.5) is 23.0 Å². The Morgan fingerprint density at radius 2 is 1.89 bits per heavy atom. The maximum Gasteiger partial charge on any atom is 0.247 e. The van der Waals surface area contributed by atoms with Gasteiger partial charge in [0.25, 0.3) is 0 Å². The van der Waals surface area contributed by atoms with Crippen molar-refractivity contribution in [2.24, 2.45) is 0 Å². The second-order valence-electron chi connectivity index (χ2n) is 7.45. The third kappa shape index (κ3) is 6.44. The van der Waals surface area contributed by atoms with Crippen LogP contribution in [0, 0.1) is 22.7 Å². The molecule has 182 valence electrons. The number of rotatable bonds is 6. The van der Waals surface area contributed by atoms with Gasteiger partial charge in [0.2, 0.25) is 11.9 Å². The molecule has 1 aliphatic heterocycles. The molecule has 1 aromatic heterocycles. The summed E-state index contributed by atoms with van der Waals surface area (Å²) in [5, 5.41) is 24.9. The lowest BCUT2D eigenvalue weighted by Crippen LogP contribution is -2.36. The zero-order valence-corrected chi connectivity index (χ0v) is 20.3. The molecule has 0 bridgehead atoms. The summed E-state index contributed by atoms with van der Waals surface area (Å²) in [4.78, 5) is 22.8. The lowest BCUT2D eigenvalue weighted by molar-refractivity contribution is -0.111. The number of carbonyl (C=O) groups excluding carboxylic acids is 1. The summed E-state index contributed by atoms with van der Waals surface area (Å²) >= 11 is 0. The van der Waals surface area contributed by atoms with Gasteiger partial charge in [-0.05, 0) is 42.5 Å². The molecule has 0 unspecified atom stereocenters. The number of carbonyl (C=O) groups is 1. The van der Waals surface area contributed by atoms with Crippen LogP contribution in [-0.2, 0) is 9.53 Å². The van der Waals surface area contributed by atoms with E-state index in [9.17, 15) is 15.3 Å². The molecule has 1 amide bonds. The SMILES string of the molecule is C=CC(=O)Nc1cc(C#N)cc(-c2nc(Nc3cccc(N4CCOCC4)c3)ncc2C#N)c1.CC. The van der Waals surface area contributed by atoms with Crippen molar-refractivity contribution in [3.05, 3.63) is 72.4 Å². The molecular formula is C27H27N7O2. The van der Waals surface area contributed by atoms with E-state index in [4.69, 9.17) is 4.74 Å². The van der Waals surface area contributed by atoms with Crippen molar-refractivity contribution < 1.29 is 9.53 Å². The highest BCUT2D eigenvalue weighted by Crippen LogP contribution is 2.28. The molecule has 0 atom stereocenters. The third-order valence-electron chi connectivity index (χ3n) is 5.18. The molecule has 4 rings (SSSR count). The standard InChI is InChI=1S/C25H21N7O2.C2H6/c1-2-23(33)29-21-11-17(14-26)10-18(12-21)24-19(15-27)16-28-25(31-24)30-20-4-3-5-22(13-20)32-6-8-34-9-7-32;1-2/h2-5,10-13,16H,1,6-9H2,(H,29,33)(H,28,30,31);1-2H3. The summed E-state index contributed by atoms with van der Waals surface area (Å²) in [6.45, 7) is 10.5. The number of nitriles is 2. The van der Waals surface area contributed by atoms with Gasteiger partial charge in [-0.3, -0.25) is 4.79 Å². The number of morpholine rings is 1. The van der Waals surface area contributed by atoms with Crippen molar-refractivity contribution in [1.82, 2.24) is 9.97 Å². The van der Waals surface area contributed by atoms with Crippen molar-refractivity contribution in [2.75, 3.05) is 41.8 Å². The van der Waals surface area contributed by atoms with Crippen LogP contribution in [0.5, 0.6) is 0 Å². The number of nitrogens with one attached hydrogen (secondary N) is 2. The van der Waals surface area contributed by atoms with Gasteiger partial charge in [0, 0.05) is 35.7 Å². The number of anilines is 4. The topological polar surface area (TPSA) is 127 Å². The molecule has 0 spiro atoms. The van der Waals surface area contributed by atoms with E-state index in [1.165, 1.54) is 12.3 Å². The fourth-order valence-corrected chi connectivity index (χ4v) is 3.57. The second kappa shape index (κ2) is 12.7. The van der Waals surface area contributed by atoms with Gasteiger partial charge in [-0.2, -0.15) is 10.5 Å². The van der Waals surface area contributed by atoms with E-state index in [0.717, 1.165) is 30.5 Å². The Labute approximate surface area is 210 Å². The van der Waals surface area contributed by atoms with Crippen LogP contribution in [0.15, 0.2) is 61.3 Å². The first-order valence-corrected chi connectivity index (χ1v) is 11.6. The molecule has 1 aliphatic rings. The molecule has 0 aliphatic carbocycles. The van der Waals surface area contributed by atoms with Gasteiger partial charge < -0.3 is 20.3 Å². The van der Waals surface area contributed by atoms with E-state index in [-0.39, 0.29) is 5.56 Å². The van der Waals surface area contributed by atoms with E-state index in [2.05, 4.69) is 44.2 Å². The smallest absolute Gasteiger partial charge is 0.247 e. The summed E-state index contributed by atoms with van der Waals surface area (Å²) in [5.74, 6) is -0.112. The molecule has 2 N–H and O–H groups in total. The highest BCUT2D eigenvalue weighted by molar-refractivity contribution is 5.99. The molecule has 0 saturated carbocycles. The van der Waals surface area contributed by atoms with Gasteiger partial charge in [0.05, 0.1) is 42.3 Å². The quantitative estimate of drug-likeness (QED) is 0.488. The Bertz CT molecular complexity index is 1320. The number of ether oxygens (including phenoxy) is 1. The van der Waals surface area contributed by atoms with Gasteiger partial charge in [0.15, 0.2) is 0 Å². The minimum atomic E-state index is -0.410. The summed E-state index contributed by atoms with van der Waals surface area (Å²) in [7, 11) is 0. The number of nitrogens with zero attached hydrogens (tertiary/aromatic N) is 5. The first-order chi connectivity index (χ1) is 17.6. The Morgan fingerprint density at radius 3 is 2.58 bits per heavy atom. The molecule has 9 heteroatoms. The van der Waals surface area contributed by atoms with E-state index in [0.29, 0.717) is 41.7 Å². The number of hydrogen-bond acceptors (Lipinski definition) is 8. The monoisotopic (exact) mass is 481 g/mol.